The van der Waals surface area contributed by atoms with Gasteiger partial charge in [-0.25, -0.2) is 27.1 Å². The summed E-state index contributed by atoms with van der Waals surface area (Å²) >= 11 is 7.75. The van der Waals surface area contributed by atoms with Gasteiger partial charge in [-0.05, 0) is 55.0 Å². The van der Waals surface area contributed by atoms with Gasteiger partial charge in [-0.1, -0.05) is 24.6 Å². The predicted molar refractivity (Wildman–Crippen MR) is 144 cm³/mol. The molecule has 0 N–H and O–H groups in total. The Morgan fingerprint density at radius 2 is 1.94 bits per heavy atom. The van der Waals surface area contributed by atoms with E-state index >= 15 is 0 Å². The molecule has 0 radical (unpaired) electrons. The molecule has 36 heavy (non-hydrogen) atoms. The molecule has 1 aromatic carbocycles. The van der Waals surface area contributed by atoms with Crippen LogP contribution in [0.5, 0.6) is 0 Å². The van der Waals surface area contributed by atoms with E-state index in [0.29, 0.717) is 29.4 Å². The molecule has 0 unspecified atom stereocenters. The van der Waals surface area contributed by atoms with Crippen LogP contribution in [0.25, 0.3) is 16.9 Å². The van der Waals surface area contributed by atoms with Crippen molar-refractivity contribution in [2.75, 3.05) is 31.3 Å². The molecule has 1 fully saturated rings. The molecule has 0 amide bonds. The highest BCUT2D eigenvalue weighted by Crippen LogP contribution is 2.37. The van der Waals surface area contributed by atoms with Crippen LogP contribution in [0.4, 0.5) is 15.3 Å². The average Bonchev–Trinajstić information content (AvgIpc) is 3.48. The summed E-state index contributed by atoms with van der Waals surface area (Å²) in [5, 5.41) is 3.01. The molecule has 1 aliphatic heterocycles. The van der Waals surface area contributed by atoms with Gasteiger partial charge in [-0.15, -0.1) is 11.3 Å². The Morgan fingerprint density at radius 1 is 1.19 bits per heavy atom. The van der Waals surface area contributed by atoms with E-state index in [4.69, 9.17) is 21.6 Å². The summed E-state index contributed by atoms with van der Waals surface area (Å²) in [6, 6.07) is 8.45. The maximum atomic E-state index is 13.5. The number of sulfonamides is 1. The van der Waals surface area contributed by atoms with Crippen molar-refractivity contribution in [3.8, 4) is 11.3 Å². The van der Waals surface area contributed by atoms with Crippen LogP contribution in [0, 0.1) is 5.82 Å². The Bertz CT molecular complexity index is 1530. The van der Waals surface area contributed by atoms with Crippen molar-refractivity contribution < 1.29 is 12.8 Å². The zero-order valence-electron chi connectivity index (χ0n) is 20.3. The molecule has 11 heteroatoms. The molecule has 0 atom stereocenters. The third-order valence-corrected chi connectivity index (χ3v) is 9.25. The van der Waals surface area contributed by atoms with Gasteiger partial charge in [0, 0.05) is 37.3 Å². The summed E-state index contributed by atoms with van der Waals surface area (Å²) in [7, 11) is -1.19. The summed E-state index contributed by atoms with van der Waals surface area (Å²) in [5.41, 5.74) is 4.35. The molecule has 0 saturated carbocycles. The molecule has 7 nitrogen and oxygen atoms in total. The highest BCUT2D eigenvalue weighted by Gasteiger charge is 2.27. The number of pyridine rings is 1. The standard InChI is InChI=1S/C25H27ClFN5O2S2/c1-4-21-24(30(2)25-29-22(15-35-25)19-7-6-18(27)13-20(19)26)32-14-17(5-8-23(32)28-21)16-9-11-31(12-10-16)36(3,33)34/h5-8,13-16H,4,9-12H2,1-3H3. The molecule has 1 saturated heterocycles. The van der Waals surface area contributed by atoms with Crippen molar-refractivity contribution in [3.63, 3.8) is 0 Å². The van der Waals surface area contributed by atoms with E-state index in [0.717, 1.165) is 41.6 Å². The monoisotopic (exact) mass is 547 g/mol. The number of aryl methyl sites for hydroxylation is 1. The van der Waals surface area contributed by atoms with Crippen LogP contribution in [0.3, 0.4) is 0 Å². The van der Waals surface area contributed by atoms with E-state index < -0.39 is 10.0 Å². The number of halogens is 2. The second-order valence-corrected chi connectivity index (χ2v) is 12.3. The first-order valence-corrected chi connectivity index (χ1v) is 14.9. The largest absolute Gasteiger partial charge is 0.305 e. The number of fused-ring (bicyclic) bond motifs is 1. The Kier molecular flexibility index (Phi) is 6.80. The Balaban J connectivity index is 1.47. The smallest absolute Gasteiger partial charge is 0.211 e. The minimum atomic E-state index is -3.16. The van der Waals surface area contributed by atoms with Crippen LogP contribution in [0.15, 0.2) is 41.9 Å². The van der Waals surface area contributed by atoms with Crippen LogP contribution >= 0.6 is 22.9 Å². The normalized spacial score (nSPS) is 15.6. The topological polar surface area (TPSA) is 70.8 Å². The summed E-state index contributed by atoms with van der Waals surface area (Å²) in [6.45, 7) is 3.14. The predicted octanol–water partition coefficient (Wildman–Crippen LogP) is 5.72. The van der Waals surface area contributed by atoms with Crippen molar-refractivity contribution in [2.45, 2.75) is 32.1 Å². The third kappa shape index (κ3) is 4.74. The van der Waals surface area contributed by atoms with Gasteiger partial charge in [0.05, 0.1) is 22.7 Å². The summed E-state index contributed by atoms with van der Waals surface area (Å²) < 4.78 is 41.0. The second kappa shape index (κ2) is 9.74. The molecule has 4 aromatic rings. The minimum Gasteiger partial charge on any atom is -0.305 e. The van der Waals surface area contributed by atoms with E-state index in [1.807, 2.05) is 23.4 Å². The fraction of sp³-hybridized carbons (Fsp3) is 0.360. The summed E-state index contributed by atoms with van der Waals surface area (Å²) in [5.74, 6) is 0.839. The second-order valence-electron chi connectivity index (χ2n) is 9.06. The fourth-order valence-corrected chi connectivity index (χ4v) is 6.71. The Morgan fingerprint density at radius 3 is 2.61 bits per heavy atom. The van der Waals surface area contributed by atoms with Crippen LogP contribution in [0.2, 0.25) is 5.02 Å². The quantitative estimate of drug-likeness (QED) is 0.309. The van der Waals surface area contributed by atoms with Gasteiger partial charge in [0.25, 0.3) is 0 Å². The van der Waals surface area contributed by atoms with Gasteiger partial charge in [-0.3, -0.25) is 4.40 Å². The van der Waals surface area contributed by atoms with Gasteiger partial charge in [0.2, 0.25) is 10.0 Å². The third-order valence-electron chi connectivity index (χ3n) is 6.72. The van der Waals surface area contributed by atoms with Gasteiger partial charge in [0.1, 0.15) is 17.3 Å². The van der Waals surface area contributed by atoms with E-state index in [1.165, 1.54) is 35.3 Å². The van der Waals surface area contributed by atoms with Gasteiger partial charge < -0.3 is 4.90 Å². The number of rotatable bonds is 6. The zero-order valence-corrected chi connectivity index (χ0v) is 22.7. The average molecular weight is 548 g/mol. The fourth-order valence-electron chi connectivity index (χ4n) is 4.78. The minimum absolute atomic E-state index is 0.283. The van der Waals surface area contributed by atoms with Crippen LogP contribution in [-0.2, 0) is 16.4 Å². The van der Waals surface area contributed by atoms with Crippen molar-refractivity contribution in [3.05, 3.63) is 64.0 Å². The first-order valence-electron chi connectivity index (χ1n) is 11.8. The van der Waals surface area contributed by atoms with Crippen LogP contribution < -0.4 is 4.90 Å². The zero-order chi connectivity index (χ0) is 25.6. The van der Waals surface area contributed by atoms with E-state index in [1.54, 1.807) is 10.4 Å². The lowest BCUT2D eigenvalue weighted by atomic mass is 9.91. The number of nitrogens with zero attached hydrogens (tertiary/aromatic N) is 5. The van der Waals surface area contributed by atoms with Crippen LogP contribution in [-0.4, -0.2) is 53.5 Å². The lowest BCUT2D eigenvalue weighted by molar-refractivity contribution is 0.321. The number of aromatic nitrogens is 3. The van der Waals surface area contributed by atoms with E-state index in [-0.39, 0.29) is 11.7 Å². The molecule has 4 heterocycles. The van der Waals surface area contributed by atoms with Crippen molar-refractivity contribution >= 4 is 49.6 Å². The van der Waals surface area contributed by atoms with Crippen LogP contribution in [0.1, 0.15) is 36.9 Å². The highest BCUT2D eigenvalue weighted by molar-refractivity contribution is 7.88. The van der Waals surface area contributed by atoms with Gasteiger partial charge in [0.15, 0.2) is 5.13 Å². The summed E-state index contributed by atoms with van der Waals surface area (Å²) in [4.78, 5) is 11.7. The molecule has 0 aliphatic carbocycles. The number of hydrogen-bond donors (Lipinski definition) is 0. The lowest BCUT2D eigenvalue weighted by Crippen LogP contribution is -2.37. The highest BCUT2D eigenvalue weighted by atomic mass is 35.5. The number of piperidine rings is 1. The number of benzene rings is 1. The van der Waals surface area contributed by atoms with Gasteiger partial charge in [-0.2, -0.15) is 0 Å². The molecule has 190 valence electrons. The lowest BCUT2D eigenvalue weighted by Gasteiger charge is -2.30. The maximum absolute atomic E-state index is 13.5. The van der Waals surface area contributed by atoms with Crippen molar-refractivity contribution in [1.82, 2.24) is 18.7 Å². The number of imidazole rings is 1. The molecule has 0 bridgehead atoms. The van der Waals surface area contributed by atoms with E-state index in [9.17, 15) is 12.8 Å². The first kappa shape index (κ1) is 25.1. The van der Waals surface area contributed by atoms with Crippen molar-refractivity contribution in [1.29, 1.82) is 0 Å². The summed E-state index contributed by atoms with van der Waals surface area (Å²) in [6.07, 6.45) is 5.72. The Labute approximate surface area is 219 Å². The molecule has 1 aliphatic rings. The first-order chi connectivity index (χ1) is 17.2. The molecular formula is C25H27ClFN5O2S2. The SMILES string of the molecule is CCc1nc2ccc(C3CCN(S(C)(=O)=O)CC3)cn2c1N(C)c1nc(-c2ccc(F)cc2Cl)cs1. The number of anilines is 2. The molecule has 5 rings (SSSR count). The molecular weight excluding hydrogens is 521 g/mol. The maximum Gasteiger partial charge on any atom is 0.211 e. The Hall–Kier alpha value is -2.53. The molecule has 0 spiro atoms. The number of hydrogen-bond acceptors (Lipinski definition) is 6. The van der Waals surface area contributed by atoms with E-state index in [2.05, 4.69) is 23.6 Å². The molecule has 3 aromatic heterocycles. The van der Waals surface area contributed by atoms with Crippen molar-refractivity contribution in [2.24, 2.45) is 0 Å². The van der Waals surface area contributed by atoms with Gasteiger partial charge >= 0.3 is 0 Å². The number of thiazole rings is 1.